The van der Waals surface area contributed by atoms with Crippen molar-refractivity contribution in [1.29, 1.82) is 0 Å². The fraction of sp³-hybridized carbons (Fsp3) is 0.294. The third-order valence-electron chi connectivity index (χ3n) is 4.33. The van der Waals surface area contributed by atoms with E-state index in [4.69, 9.17) is 0 Å². The van der Waals surface area contributed by atoms with Crippen molar-refractivity contribution >= 4 is 12.0 Å². The van der Waals surface area contributed by atoms with Gasteiger partial charge in [0.25, 0.3) is 0 Å². The molecule has 2 amide bonds. The summed E-state index contributed by atoms with van der Waals surface area (Å²) >= 11 is 0. The highest BCUT2D eigenvalue weighted by Gasteiger charge is 2.22. The molecule has 1 aliphatic rings. The van der Waals surface area contributed by atoms with E-state index in [2.05, 4.69) is 42.8 Å². The molecule has 2 aromatic heterocycles. The van der Waals surface area contributed by atoms with Crippen LogP contribution in [0.15, 0.2) is 36.5 Å². The van der Waals surface area contributed by atoms with Crippen LogP contribution in [-0.4, -0.2) is 42.9 Å². The fourth-order valence-electron chi connectivity index (χ4n) is 2.94. The number of anilines is 1. The number of carbonyl (C=O) groups excluding carboxylic acids is 1. The van der Waals surface area contributed by atoms with Crippen LogP contribution in [0.3, 0.4) is 0 Å². The van der Waals surface area contributed by atoms with Gasteiger partial charge >= 0.3 is 6.03 Å². The molecule has 4 rings (SSSR count). The molecule has 3 heterocycles. The molecule has 1 aliphatic heterocycles. The van der Waals surface area contributed by atoms with Crippen molar-refractivity contribution < 1.29 is 4.79 Å². The first-order valence-corrected chi connectivity index (χ1v) is 8.30. The third-order valence-corrected chi connectivity index (χ3v) is 4.33. The summed E-state index contributed by atoms with van der Waals surface area (Å²) in [5.41, 5.74) is 3.40. The van der Waals surface area contributed by atoms with Crippen LogP contribution in [0, 0.1) is 0 Å². The van der Waals surface area contributed by atoms with E-state index in [-0.39, 0.29) is 6.03 Å². The zero-order valence-corrected chi connectivity index (χ0v) is 13.7. The summed E-state index contributed by atoms with van der Waals surface area (Å²) in [7, 11) is 0. The lowest BCUT2D eigenvalue weighted by Crippen LogP contribution is -2.38. The standard InChI is InChI=1S/C17H19N7O/c25-17(24-9-8-14-13(11-24)10-18-21-14)20-16-19-15(22-23-16)7-6-12-4-2-1-3-5-12/h1-5,10H,6-9,11H2,(H,18,21)(H2,19,20,22,23,25). The first-order chi connectivity index (χ1) is 12.3. The summed E-state index contributed by atoms with van der Waals surface area (Å²) in [4.78, 5) is 18.5. The Labute approximate surface area is 144 Å². The van der Waals surface area contributed by atoms with Gasteiger partial charge in [-0.25, -0.2) is 4.79 Å². The number of nitrogens with zero attached hydrogens (tertiary/aromatic N) is 4. The van der Waals surface area contributed by atoms with Crippen LogP contribution in [-0.2, 0) is 25.8 Å². The SMILES string of the molecule is O=C(Nc1n[nH]c(CCc2ccccc2)n1)N1CCc2[nH]ncc2C1. The Morgan fingerprint density at radius 1 is 1.20 bits per heavy atom. The molecule has 0 radical (unpaired) electrons. The Kier molecular flexibility index (Phi) is 4.16. The van der Waals surface area contributed by atoms with Crippen LogP contribution < -0.4 is 5.32 Å². The molecule has 1 aromatic carbocycles. The van der Waals surface area contributed by atoms with Crippen LogP contribution in [0.25, 0.3) is 0 Å². The van der Waals surface area contributed by atoms with E-state index in [1.807, 2.05) is 18.2 Å². The first-order valence-electron chi connectivity index (χ1n) is 8.30. The Balaban J connectivity index is 1.32. The first kappa shape index (κ1) is 15.4. The summed E-state index contributed by atoms with van der Waals surface area (Å²) in [6.45, 7) is 1.19. The number of amides is 2. The van der Waals surface area contributed by atoms with Gasteiger partial charge in [-0.3, -0.25) is 15.5 Å². The molecular weight excluding hydrogens is 318 g/mol. The molecule has 0 fully saturated rings. The molecule has 0 saturated carbocycles. The highest BCUT2D eigenvalue weighted by Crippen LogP contribution is 2.16. The van der Waals surface area contributed by atoms with Crippen LogP contribution >= 0.6 is 0 Å². The van der Waals surface area contributed by atoms with Gasteiger partial charge in [-0.1, -0.05) is 30.3 Å². The average Bonchev–Trinajstić information content (AvgIpc) is 3.29. The highest BCUT2D eigenvalue weighted by atomic mass is 16.2. The maximum Gasteiger partial charge on any atom is 0.324 e. The van der Waals surface area contributed by atoms with Crippen LogP contribution in [0.4, 0.5) is 10.7 Å². The minimum absolute atomic E-state index is 0.194. The predicted octanol–water partition coefficient (Wildman–Crippen LogP) is 1.90. The minimum Gasteiger partial charge on any atom is -0.320 e. The smallest absolute Gasteiger partial charge is 0.320 e. The Morgan fingerprint density at radius 2 is 2.08 bits per heavy atom. The van der Waals surface area contributed by atoms with Gasteiger partial charge < -0.3 is 4.90 Å². The highest BCUT2D eigenvalue weighted by molar-refractivity contribution is 5.87. The molecule has 25 heavy (non-hydrogen) atoms. The lowest BCUT2D eigenvalue weighted by Gasteiger charge is -2.25. The molecule has 0 spiro atoms. The zero-order chi connectivity index (χ0) is 17.1. The van der Waals surface area contributed by atoms with Gasteiger partial charge in [0.05, 0.1) is 12.7 Å². The molecule has 0 saturated heterocycles. The van der Waals surface area contributed by atoms with Gasteiger partial charge in [-0.15, -0.1) is 5.10 Å². The van der Waals surface area contributed by atoms with Crippen molar-refractivity contribution in [3.8, 4) is 0 Å². The molecule has 3 N–H and O–H groups in total. The topological polar surface area (TPSA) is 103 Å². The number of benzene rings is 1. The number of hydrogen-bond acceptors (Lipinski definition) is 4. The summed E-state index contributed by atoms with van der Waals surface area (Å²) in [5, 5.41) is 16.7. The number of rotatable bonds is 4. The number of fused-ring (bicyclic) bond motifs is 1. The molecule has 0 aliphatic carbocycles. The molecule has 0 atom stereocenters. The van der Waals surface area contributed by atoms with Gasteiger partial charge in [-0.2, -0.15) is 10.1 Å². The summed E-state index contributed by atoms with van der Waals surface area (Å²) in [6.07, 6.45) is 4.16. The second-order valence-electron chi connectivity index (χ2n) is 6.07. The second kappa shape index (κ2) is 6.76. The molecule has 8 nitrogen and oxygen atoms in total. The number of aromatic amines is 2. The maximum absolute atomic E-state index is 12.4. The molecule has 8 heteroatoms. The van der Waals surface area contributed by atoms with E-state index in [9.17, 15) is 4.79 Å². The zero-order valence-electron chi connectivity index (χ0n) is 13.7. The lowest BCUT2D eigenvalue weighted by atomic mass is 10.1. The average molecular weight is 337 g/mol. The normalized spacial score (nSPS) is 13.5. The number of carbonyl (C=O) groups is 1. The van der Waals surface area contributed by atoms with Crippen LogP contribution in [0.5, 0.6) is 0 Å². The summed E-state index contributed by atoms with van der Waals surface area (Å²) in [5.74, 6) is 1.07. The van der Waals surface area contributed by atoms with E-state index < -0.39 is 0 Å². The molecule has 0 bridgehead atoms. The number of H-pyrrole nitrogens is 2. The number of nitrogens with one attached hydrogen (secondary N) is 3. The fourth-order valence-corrected chi connectivity index (χ4v) is 2.94. The van der Waals surface area contributed by atoms with E-state index in [1.165, 1.54) is 5.56 Å². The van der Waals surface area contributed by atoms with Gasteiger partial charge in [0.2, 0.25) is 5.95 Å². The van der Waals surface area contributed by atoms with E-state index in [0.717, 1.165) is 36.3 Å². The third kappa shape index (κ3) is 3.52. The predicted molar refractivity (Wildman–Crippen MR) is 92.0 cm³/mol. The van der Waals surface area contributed by atoms with Gasteiger partial charge in [0, 0.05) is 30.6 Å². The quantitative estimate of drug-likeness (QED) is 0.676. The van der Waals surface area contributed by atoms with Gasteiger partial charge in [0.15, 0.2) is 0 Å². The van der Waals surface area contributed by atoms with Crippen molar-refractivity contribution in [3.05, 3.63) is 59.2 Å². The minimum atomic E-state index is -0.194. The Hall–Kier alpha value is -3.16. The lowest BCUT2D eigenvalue weighted by molar-refractivity contribution is 0.206. The number of aromatic nitrogens is 5. The van der Waals surface area contributed by atoms with E-state index >= 15 is 0 Å². The summed E-state index contributed by atoms with van der Waals surface area (Å²) < 4.78 is 0. The molecule has 128 valence electrons. The second-order valence-corrected chi connectivity index (χ2v) is 6.07. The van der Waals surface area contributed by atoms with Crippen molar-refractivity contribution in [2.24, 2.45) is 0 Å². The Morgan fingerprint density at radius 3 is 2.96 bits per heavy atom. The number of hydrogen-bond donors (Lipinski definition) is 3. The van der Waals surface area contributed by atoms with Gasteiger partial charge in [-0.05, 0) is 12.0 Å². The van der Waals surface area contributed by atoms with Crippen LogP contribution in [0.2, 0.25) is 0 Å². The van der Waals surface area contributed by atoms with Crippen molar-refractivity contribution in [3.63, 3.8) is 0 Å². The van der Waals surface area contributed by atoms with Crippen LogP contribution in [0.1, 0.15) is 22.6 Å². The van der Waals surface area contributed by atoms with E-state index in [1.54, 1.807) is 11.1 Å². The van der Waals surface area contributed by atoms with E-state index in [0.29, 0.717) is 19.0 Å². The molecule has 3 aromatic rings. The van der Waals surface area contributed by atoms with Crippen molar-refractivity contribution in [2.45, 2.75) is 25.8 Å². The maximum atomic E-state index is 12.4. The number of aryl methyl sites for hydroxylation is 2. The number of urea groups is 1. The largest absolute Gasteiger partial charge is 0.324 e. The van der Waals surface area contributed by atoms with Crippen molar-refractivity contribution in [2.75, 3.05) is 11.9 Å². The van der Waals surface area contributed by atoms with Crippen molar-refractivity contribution in [1.82, 2.24) is 30.3 Å². The Bertz CT molecular complexity index is 855. The van der Waals surface area contributed by atoms with Gasteiger partial charge in [0.1, 0.15) is 5.82 Å². The molecular formula is C17H19N7O. The monoisotopic (exact) mass is 337 g/mol. The molecule has 0 unspecified atom stereocenters. The summed E-state index contributed by atoms with van der Waals surface area (Å²) in [6, 6.07) is 10.0.